The smallest absolute Gasteiger partial charge is 0.376 e. The fourth-order valence-corrected chi connectivity index (χ4v) is 4.08. The van der Waals surface area contributed by atoms with Gasteiger partial charge in [0.05, 0.1) is 11.1 Å². The van der Waals surface area contributed by atoms with E-state index in [0.717, 1.165) is 0 Å². The summed E-state index contributed by atoms with van der Waals surface area (Å²) in [6, 6.07) is -1.03. The van der Waals surface area contributed by atoms with E-state index in [0.29, 0.717) is 0 Å². The van der Waals surface area contributed by atoms with E-state index in [2.05, 4.69) is 0 Å². The summed E-state index contributed by atoms with van der Waals surface area (Å²) in [5.41, 5.74) is -19.2. The first-order valence-corrected chi connectivity index (χ1v) is 9.11. The topological polar surface area (TPSA) is 20.2 Å². The molecule has 0 amide bonds. The van der Waals surface area contributed by atoms with Crippen molar-refractivity contribution in [2.45, 2.75) is 18.0 Å². The zero-order valence-electron chi connectivity index (χ0n) is 16.5. The van der Waals surface area contributed by atoms with E-state index in [9.17, 15) is 66.6 Å². The van der Waals surface area contributed by atoms with Gasteiger partial charge in [-0.15, -0.1) is 0 Å². The third kappa shape index (κ3) is 3.21. The lowest BCUT2D eigenvalue weighted by molar-refractivity contribution is -0.144. The van der Waals surface area contributed by atoms with Gasteiger partial charge in [0, 0.05) is 27.8 Å². The maximum absolute atomic E-state index is 14.8. The monoisotopic (exact) mass is 538 g/mol. The van der Waals surface area contributed by atoms with Gasteiger partial charge >= 0.3 is 12.4 Å². The van der Waals surface area contributed by atoms with E-state index in [1.165, 1.54) is 0 Å². The summed E-state index contributed by atoms with van der Waals surface area (Å²) in [6.07, 6.45) is -11.3. The molecule has 0 saturated heterocycles. The van der Waals surface area contributed by atoms with Crippen molar-refractivity contribution in [3.8, 4) is 11.1 Å². The highest BCUT2D eigenvalue weighted by Crippen LogP contribution is 2.58. The van der Waals surface area contributed by atoms with Gasteiger partial charge in [0.15, 0.2) is 46.5 Å². The van der Waals surface area contributed by atoms with Crippen LogP contribution in [0.1, 0.15) is 27.8 Å². The van der Waals surface area contributed by atoms with E-state index in [4.69, 9.17) is 0 Å². The summed E-state index contributed by atoms with van der Waals surface area (Å²) < 4.78 is 195. The van der Waals surface area contributed by atoms with Crippen LogP contribution in [-0.2, 0) is 18.0 Å². The first-order valence-electron chi connectivity index (χ1n) is 9.11. The molecule has 3 aromatic carbocycles. The second-order valence-electron chi connectivity index (χ2n) is 7.48. The molecule has 1 nitrogen and oxygen atoms in total. The van der Waals surface area contributed by atoms with Gasteiger partial charge in [0.1, 0.15) is 5.60 Å². The molecular formula is C21H4F14O. The molecule has 0 saturated carbocycles. The maximum Gasteiger partial charge on any atom is 0.416 e. The van der Waals surface area contributed by atoms with E-state index >= 15 is 0 Å². The van der Waals surface area contributed by atoms with E-state index in [1.54, 1.807) is 0 Å². The Bertz CT molecular complexity index is 1380. The highest BCUT2D eigenvalue weighted by molar-refractivity contribution is 5.84. The largest absolute Gasteiger partial charge is 0.416 e. The van der Waals surface area contributed by atoms with Gasteiger partial charge < -0.3 is 5.11 Å². The van der Waals surface area contributed by atoms with Crippen molar-refractivity contribution in [1.29, 1.82) is 0 Å². The van der Waals surface area contributed by atoms with Crippen LogP contribution in [0.3, 0.4) is 0 Å². The molecule has 0 fully saturated rings. The van der Waals surface area contributed by atoms with Crippen molar-refractivity contribution in [1.82, 2.24) is 0 Å². The first-order chi connectivity index (χ1) is 16.4. The SMILES string of the molecule is OC1(c2ccc(C(F)(F)F)cc2C(F)(F)F)c2c(F)c(F)c(F)c(F)c2-c2c(F)c(F)c(F)c(F)c21. The highest BCUT2D eigenvalue weighted by Gasteiger charge is 2.56. The quantitative estimate of drug-likeness (QED) is 0.199. The first kappa shape index (κ1) is 25.7. The molecule has 0 atom stereocenters. The van der Waals surface area contributed by atoms with Crippen LogP contribution in [0.2, 0.25) is 0 Å². The van der Waals surface area contributed by atoms with Crippen LogP contribution in [0.4, 0.5) is 61.5 Å². The number of fused-ring (bicyclic) bond motifs is 3. The van der Waals surface area contributed by atoms with Crippen LogP contribution in [0.15, 0.2) is 18.2 Å². The Kier molecular flexibility index (Phi) is 5.41. The molecular weight excluding hydrogens is 534 g/mol. The van der Waals surface area contributed by atoms with Crippen molar-refractivity contribution < 1.29 is 66.6 Å². The summed E-state index contributed by atoms with van der Waals surface area (Å²) in [4.78, 5) is 0. The zero-order chi connectivity index (χ0) is 27.3. The summed E-state index contributed by atoms with van der Waals surface area (Å²) >= 11 is 0. The lowest BCUT2D eigenvalue weighted by atomic mass is 9.80. The van der Waals surface area contributed by atoms with E-state index in [1.807, 2.05) is 0 Å². The van der Waals surface area contributed by atoms with Crippen LogP contribution >= 0.6 is 0 Å². The highest BCUT2D eigenvalue weighted by atomic mass is 19.4. The normalized spacial score (nSPS) is 14.8. The van der Waals surface area contributed by atoms with Gasteiger partial charge in [0.2, 0.25) is 0 Å². The number of alkyl halides is 6. The molecule has 0 radical (unpaired) electrons. The van der Waals surface area contributed by atoms with Crippen molar-refractivity contribution in [2.75, 3.05) is 0 Å². The van der Waals surface area contributed by atoms with Gasteiger partial charge in [0.25, 0.3) is 0 Å². The number of halogens is 14. The van der Waals surface area contributed by atoms with Crippen molar-refractivity contribution in [3.63, 3.8) is 0 Å². The molecule has 0 unspecified atom stereocenters. The van der Waals surface area contributed by atoms with Gasteiger partial charge in [-0.3, -0.25) is 0 Å². The molecule has 0 bridgehead atoms. The second-order valence-corrected chi connectivity index (χ2v) is 7.48. The van der Waals surface area contributed by atoms with Crippen LogP contribution in [-0.4, -0.2) is 5.11 Å². The average Bonchev–Trinajstić information content (AvgIpc) is 3.07. The van der Waals surface area contributed by atoms with Gasteiger partial charge in [-0.05, 0) is 12.1 Å². The zero-order valence-corrected chi connectivity index (χ0v) is 16.5. The molecule has 0 aliphatic heterocycles. The Morgan fingerprint density at radius 2 is 0.917 bits per heavy atom. The number of hydrogen-bond donors (Lipinski definition) is 1. The number of hydrogen-bond acceptors (Lipinski definition) is 1. The summed E-state index contributed by atoms with van der Waals surface area (Å²) in [5.74, 6) is -21.9. The summed E-state index contributed by atoms with van der Waals surface area (Å²) in [7, 11) is 0. The minimum Gasteiger partial charge on any atom is -0.376 e. The minimum atomic E-state index is -5.89. The molecule has 0 aromatic heterocycles. The third-order valence-corrected chi connectivity index (χ3v) is 5.55. The Labute approximate surface area is 189 Å². The molecule has 1 aliphatic carbocycles. The number of rotatable bonds is 1. The van der Waals surface area contributed by atoms with Crippen molar-refractivity contribution in [3.05, 3.63) is 92.6 Å². The summed E-state index contributed by atoms with van der Waals surface area (Å²) in [5, 5.41) is 11.2. The molecule has 3 aromatic rings. The Morgan fingerprint density at radius 3 is 1.28 bits per heavy atom. The predicted octanol–water partition coefficient (Wildman–Crippen LogP) is 7.10. The maximum atomic E-state index is 14.8. The lowest BCUT2D eigenvalue weighted by Gasteiger charge is -2.30. The second kappa shape index (κ2) is 7.57. The van der Waals surface area contributed by atoms with Gasteiger partial charge in [-0.1, -0.05) is 6.07 Å². The Hall–Kier alpha value is -3.36. The number of aliphatic hydroxyl groups is 1. The van der Waals surface area contributed by atoms with Crippen LogP contribution in [0, 0.1) is 46.5 Å². The van der Waals surface area contributed by atoms with Gasteiger partial charge in [-0.25, -0.2) is 35.1 Å². The van der Waals surface area contributed by atoms with Gasteiger partial charge in [-0.2, -0.15) is 26.3 Å². The molecule has 192 valence electrons. The van der Waals surface area contributed by atoms with Crippen LogP contribution < -0.4 is 0 Å². The summed E-state index contributed by atoms with van der Waals surface area (Å²) in [6.45, 7) is 0. The van der Waals surface area contributed by atoms with Crippen LogP contribution in [0.25, 0.3) is 11.1 Å². The molecule has 0 spiro atoms. The van der Waals surface area contributed by atoms with Crippen LogP contribution in [0.5, 0.6) is 0 Å². The standard InChI is InChI=1S/C21H4F14O/c22-11-7-8-10(14(25)18(29)16(27)12(8)23)19(36,9(7)13(24)17(28)15(11)26)5-2-1-4(20(30,31)32)3-6(5)21(33,34)35/h1-3,36H. The molecule has 1 N–H and O–H groups in total. The minimum absolute atomic E-state index is 0.150. The van der Waals surface area contributed by atoms with Crippen molar-refractivity contribution >= 4 is 0 Å². The third-order valence-electron chi connectivity index (χ3n) is 5.55. The Morgan fingerprint density at radius 1 is 0.528 bits per heavy atom. The average molecular weight is 538 g/mol. The lowest BCUT2D eigenvalue weighted by Crippen LogP contribution is -2.33. The fraction of sp³-hybridized carbons (Fsp3) is 0.143. The molecule has 36 heavy (non-hydrogen) atoms. The molecule has 4 rings (SSSR count). The molecule has 0 heterocycles. The fourth-order valence-electron chi connectivity index (χ4n) is 4.08. The molecule has 15 heteroatoms. The van der Waals surface area contributed by atoms with E-state index in [-0.39, 0.29) is 12.1 Å². The Balaban J connectivity index is 2.30. The molecule has 1 aliphatic rings. The predicted molar refractivity (Wildman–Crippen MR) is 90.1 cm³/mol. The number of benzene rings is 3. The van der Waals surface area contributed by atoms with E-state index < -0.39 is 110 Å². The van der Waals surface area contributed by atoms with Crippen molar-refractivity contribution in [2.24, 2.45) is 0 Å².